The van der Waals surface area contributed by atoms with Gasteiger partial charge in [-0.3, -0.25) is 9.69 Å². The van der Waals surface area contributed by atoms with Crippen LogP contribution in [0.4, 0.5) is 4.79 Å². The molecule has 1 aliphatic rings. The number of furan rings is 1. The highest BCUT2D eigenvalue weighted by molar-refractivity contribution is 6.13. The Kier molecular flexibility index (Phi) is 4.38. The number of hydrogen-bond donors (Lipinski definition) is 1. The van der Waals surface area contributed by atoms with Gasteiger partial charge in [-0.05, 0) is 31.2 Å². The van der Waals surface area contributed by atoms with E-state index in [1.165, 1.54) is 13.2 Å². The molecule has 3 amide bonds. The maximum atomic E-state index is 12.0. The van der Waals surface area contributed by atoms with Crippen molar-refractivity contribution in [1.29, 1.82) is 0 Å². The Hall–Kier alpha value is -3.35. The lowest BCUT2D eigenvalue weighted by Crippen LogP contribution is -2.30. The maximum absolute atomic E-state index is 12.0. The molecule has 7 heteroatoms. The third-order valence-electron chi connectivity index (χ3n) is 3.78. The Labute approximate surface area is 143 Å². The standard InChI is InChI=1S/C18H16N2O5/c1-3-20-16(21)14(19-18(20)23)10-13-8-9-15(25-13)11-4-6-12(7-5-11)17(22)24-2/h4-10H,3H2,1-2H3,(H,19,23)/b14-10+. The SMILES string of the molecule is CCN1C(=O)N/C(=C/c2ccc(-c3ccc(C(=O)OC)cc3)o2)C1=O. The first-order valence-electron chi connectivity index (χ1n) is 7.66. The van der Waals surface area contributed by atoms with Crippen LogP contribution in [0.5, 0.6) is 0 Å². The molecule has 0 radical (unpaired) electrons. The van der Waals surface area contributed by atoms with E-state index < -0.39 is 12.0 Å². The van der Waals surface area contributed by atoms with Gasteiger partial charge in [-0.15, -0.1) is 0 Å². The topological polar surface area (TPSA) is 88.8 Å². The number of rotatable bonds is 4. The number of amides is 3. The number of imide groups is 1. The molecule has 1 fully saturated rings. The number of hydrogen-bond acceptors (Lipinski definition) is 5. The Morgan fingerprint density at radius 3 is 2.52 bits per heavy atom. The zero-order valence-corrected chi connectivity index (χ0v) is 13.7. The summed E-state index contributed by atoms with van der Waals surface area (Å²) in [7, 11) is 1.32. The lowest BCUT2D eigenvalue weighted by atomic mass is 10.1. The van der Waals surface area contributed by atoms with Crippen LogP contribution < -0.4 is 5.32 Å². The minimum absolute atomic E-state index is 0.175. The highest BCUT2D eigenvalue weighted by Crippen LogP contribution is 2.24. The number of nitrogens with one attached hydrogen (secondary N) is 1. The van der Waals surface area contributed by atoms with Gasteiger partial charge >= 0.3 is 12.0 Å². The van der Waals surface area contributed by atoms with Gasteiger partial charge in [0.1, 0.15) is 17.2 Å². The quantitative estimate of drug-likeness (QED) is 0.525. The first-order chi connectivity index (χ1) is 12.0. The van der Waals surface area contributed by atoms with E-state index in [9.17, 15) is 14.4 Å². The van der Waals surface area contributed by atoms with E-state index in [0.29, 0.717) is 23.6 Å². The minimum atomic E-state index is -0.441. The summed E-state index contributed by atoms with van der Waals surface area (Å²) in [6, 6.07) is 9.77. The molecule has 0 atom stereocenters. The predicted octanol–water partition coefficient (Wildman–Crippen LogP) is 2.65. The maximum Gasteiger partial charge on any atom is 0.337 e. The summed E-state index contributed by atoms with van der Waals surface area (Å²) in [5, 5.41) is 2.52. The summed E-state index contributed by atoms with van der Waals surface area (Å²) in [5.74, 6) is 0.223. The summed E-state index contributed by atoms with van der Waals surface area (Å²) in [6.45, 7) is 2.03. The molecule has 25 heavy (non-hydrogen) atoms. The monoisotopic (exact) mass is 340 g/mol. The van der Waals surface area contributed by atoms with Crippen LogP contribution in [0, 0.1) is 0 Å². The first kappa shape index (κ1) is 16.5. The molecule has 128 valence electrons. The van der Waals surface area contributed by atoms with Crippen molar-refractivity contribution in [3.63, 3.8) is 0 Å². The Morgan fingerprint density at radius 1 is 1.20 bits per heavy atom. The number of urea groups is 1. The number of nitrogens with zero attached hydrogens (tertiary/aromatic N) is 1. The fraction of sp³-hybridized carbons (Fsp3) is 0.167. The van der Waals surface area contributed by atoms with Gasteiger partial charge in [0.2, 0.25) is 0 Å². The molecule has 1 N–H and O–H groups in total. The van der Waals surface area contributed by atoms with Crippen LogP contribution in [0.25, 0.3) is 17.4 Å². The van der Waals surface area contributed by atoms with Gasteiger partial charge in [-0.25, -0.2) is 9.59 Å². The molecule has 1 aliphatic heterocycles. The summed E-state index contributed by atoms with van der Waals surface area (Å²) < 4.78 is 10.4. The lowest BCUT2D eigenvalue weighted by molar-refractivity contribution is -0.122. The zero-order valence-electron chi connectivity index (χ0n) is 13.7. The fourth-order valence-corrected chi connectivity index (χ4v) is 2.48. The van der Waals surface area contributed by atoms with Crippen molar-refractivity contribution in [2.75, 3.05) is 13.7 Å². The number of ether oxygens (including phenoxy) is 1. The number of carbonyl (C=O) groups excluding carboxylic acids is 3. The van der Waals surface area contributed by atoms with Gasteiger partial charge in [0, 0.05) is 18.2 Å². The van der Waals surface area contributed by atoms with Crippen LogP contribution in [0.2, 0.25) is 0 Å². The van der Waals surface area contributed by atoms with Crippen LogP contribution in [0.1, 0.15) is 23.0 Å². The van der Waals surface area contributed by atoms with Gasteiger partial charge in [0.25, 0.3) is 5.91 Å². The van der Waals surface area contributed by atoms with Gasteiger partial charge in [0.15, 0.2) is 0 Å². The third kappa shape index (κ3) is 3.16. The van der Waals surface area contributed by atoms with E-state index in [-0.39, 0.29) is 11.6 Å². The van der Waals surface area contributed by atoms with Gasteiger partial charge in [-0.1, -0.05) is 12.1 Å². The van der Waals surface area contributed by atoms with Gasteiger partial charge in [0.05, 0.1) is 12.7 Å². The van der Waals surface area contributed by atoms with E-state index in [2.05, 4.69) is 10.1 Å². The molecule has 7 nitrogen and oxygen atoms in total. The summed E-state index contributed by atoms with van der Waals surface area (Å²) in [5.41, 5.74) is 1.39. The van der Waals surface area contributed by atoms with Crippen molar-refractivity contribution >= 4 is 24.0 Å². The molecule has 1 aromatic carbocycles. The second kappa shape index (κ2) is 6.64. The lowest BCUT2D eigenvalue weighted by Gasteiger charge is -2.05. The molecule has 2 heterocycles. The van der Waals surface area contributed by atoms with Crippen LogP contribution >= 0.6 is 0 Å². The Morgan fingerprint density at radius 2 is 1.92 bits per heavy atom. The van der Waals surface area contributed by atoms with Crippen molar-refractivity contribution in [3.8, 4) is 11.3 Å². The third-order valence-corrected chi connectivity index (χ3v) is 3.78. The molecule has 0 aliphatic carbocycles. The second-order valence-electron chi connectivity index (χ2n) is 5.31. The second-order valence-corrected chi connectivity index (χ2v) is 5.31. The zero-order chi connectivity index (χ0) is 18.0. The number of likely N-dealkylation sites (N-methyl/N-ethyl adjacent to an activating group) is 1. The fourth-order valence-electron chi connectivity index (χ4n) is 2.48. The van der Waals surface area contributed by atoms with E-state index in [1.807, 2.05) is 0 Å². The molecular weight excluding hydrogens is 324 g/mol. The van der Waals surface area contributed by atoms with Crippen molar-refractivity contribution in [2.45, 2.75) is 6.92 Å². The molecule has 1 saturated heterocycles. The minimum Gasteiger partial charge on any atom is -0.465 e. The molecule has 2 aromatic rings. The highest BCUT2D eigenvalue weighted by atomic mass is 16.5. The number of esters is 1. The van der Waals surface area contributed by atoms with Crippen molar-refractivity contribution in [1.82, 2.24) is 10.2 Å². The molecule has 0 bridgehead atoms. The summed E-state index contributed by atoms with van der Waals surface area (Å²) in [4.78, 5) is 36.2. The first-order valence-corrected chi connectivity index (χ1v) is 7.66. The van der Waals surface area contributed by atoms with Gasteiger partial charge < -0.3 is 14.5 Å². The van der Waals surface area contributed by atoms with Crippen LogP contribution in [0.15, 0.2) is 46.5 Å². The van der Waals surface area contributed by atoms with Crippen molar-refractivity contribution in [3.05, 3.63) is 53.4 Å². The highest BCUT2D eigenvalue weighted by Gasteiger charge is 2.32. The van der Waals surface area contributed by atoms with Gasteiger partial charge in [-0.2, -0.15) is 0 Å². The van der Waals surface area contributed by atoms with E-state index >= 15 is 0 Å². The van der Waals surface area contributed by atoms with Crippen molar-refractivity contribution < 1.29 is 23.5 Å². The van der Waals surface area contributed by atoms with Crippen LogP contribution in [-0.2, 0) is 9.53 Å². The normalized spacial score (nSPS) is 15.6. The number of carbonyl (C=O) groups is 3. The van der Waals surface area contributed by atoms with Crippen LogP contribution in [-0.4, -0.2) is 36.5 Å². The average Bonchev–Trinajstić information content (AvgIpc) is 3.19. The van der Waals surface area contributed by atoms with Crippen molar-refractivity contribution in [2.24, 2.45) is 0 Å². The smallest absolute Gasteiger partial charge is 0.337 e. The summed E-state index contributed by atoms with van der Waals surface area (Å²) >= 11 is 0. The van der Waals surface area contributed by atoms with Crippen LogP contribution in [0.3, 0.4) is 0 Å². The van der Waals surface area contributed by atoms with E-state index in [1.54, 1.807) is 43.3 Å². The molecular formula is C18H16N2O5. The molecule has 0 spiro atoms. The number of benzene rings is 1. The average molecular weight is 340 g/mol. The van der Waals surface area contributed by atoms with E-state index in [4.69, 9.17) is 4.42 Å². The molecule has 1 aromatic heterocycles. The predicted molar refractivity (Wildman–Crippen MR) is 89.4 cm³/mol. The molecule has 3 rings (SSSR count). The Balaban J connectivity index is 1.81. The Bertz CT molecular complexity index is 864. The largest absolute Gasteiger partial charge is 0.465 e. The van der Waals surface area contributed by atoms with E-state index in [0.717, 1.165) is 10.5 Å². The molecule has 0 saturated carbocycles. The summed E-state index contributed by atoms with van der Waals surface area (Å²) in [6.07, 6.45) is 1.49. The molecule has 0 unspecified atom stereocenters. The number of methoxy groups -OCH3 is 1.